The topological polar surface area (TPSA) is 167 Å². The molecule has 0 amide bonds. The molecule has 0 spiro atoms. The van der Waals surface area contributed by atoms with E-state index in [9.17, 15) is 19.8 Å². The molecular formula is C9H18N2O6. The van der Waals surface area contributed by atoms with Crippen molar-refractivity contribution in [1.29, 1.82) is 0 Å². The number of carboxylic acids is 1. The molecule has 0 heterocycles. The second-order valence-corrected chi connectivity index (χ2v) is 3.89. The molecule has 0 aromatic rings. The van der Waals surface area contributed by atoms with Gasteiger partial charge in [-0.1, -0.05) is 0 Å². The molecule has 0 aromatic carbocycles. The first-order valence-corrected chi connectivity index (χ1v) is 5.00. The second kappa shape index (κ2) is 6.62. The van der Waals surface area contributed by atoms with E-state index in [4.69, 9.17) is 21.7 Å². The van der Waals surface area contributed by atoms with Crippen LogP contribution >= 0.6 is 0 Å². The highest BCUT2D eigenvalue weighted by Gasteiger charge is 2.32. The van der Waals surface area contributed by atoms with Gasteiger partial charge in [0, 0.05) is 6.42 Å². The Labute approximate surface area is 97.8 Å². The maximum absolute atomic E-state index is 10.8. The number of ketones is 1. The third kappa shape index (κ3) is 4.75. The largest absolute Gasteiger partial charge is 0.475 e. The monoisotopic (exact) mass is 250 g/mol. The SMILES string of the molecule is C[C@@H](O)[C@@H](N)[C@H](O)[C@H](N)[C@H](O)CC(=O)C(=O)O. The number of aliphatic hydroxyl groups excluding tert-OH is 3. The van der Waals surface area contributed by atoms with E-state index in [0.29, 0.717) is 0 Å². The molecule has 8 heteroatoms. The molecule has 0 aliphatic rings. The average Bonchev–Trinajstić information content (AvgIpc) is 2.25. The Balaban J connectivity index is 4.44. The van der Waals surface area contributed by atoms with Crippen molar-refractivity contribution in [2.45, 2.75) is 43.7 Å². The standard InChI is InChI=1S/C9H18N2O6/c1-3(12)6(10)8(15)7(11)4(13)2-5(14)9(16)17/h3-4,6-8,12-13,15H,2,10-11H2,1H3,(H,16,17)/t3-,4-,6-,7-,8+/m1/s1. The minimum Gasteiger partial charge on any atom is -0.475 e. The maximum Gasteiger partial charge on any atom is 0.372 e. The van der Waals surface area contributed by atoms with E-state index in [1.807, 2.05) is 0 Å². The Morgan fingerprint density at radius 1 is 1.12 bits per heavy atom. The summed E-state index contributed by atoms with van der Waals surface area (Å²) in [5.41, 5.74) is 10.8. The third-order valence-corrected chi connectivity index (χ3v) is 2.42. The fourth-order valence-corrected chi connectivity index (χ4v) is 1.18. The summed E-state index contributed by atoms with van der Waals surface area (Å²) in [6.45, 7) is 1.33. The van der Waals surface area contributed by atoms with Crippen molar-refractivity contribution in [3.05, 3.63) is 0 Å². The van der Waals surface area contributed by atoms with Crippen LogP contribution in [-0.2, 0) is 9.59 Å². The minimum absolute atomic E-state index is 0.722. The van der Waals surface area contributed by atoms with Gasteiger partial charge in [0.05, 0.1) is 30.4 Å². The van der Waals surface area contributed by atoms with E-state index in [0.717, 1.165) is 0 Å². The highest BCUT2D eigenvalue weighted by atomic mass is 16.4. The van der Waals surface area contributed by atoms with Gasteiger partial charge in [0.15, 0.2) is 0 Å². The van der Waals surface area contributed by atoms with Gasteiger partial charge in [0.1, 0.15) is 0 Å². The zero-order valence-corrected chi connectivity index (χ0v) is 9.35. The molecule has 8 N–H and O–H groups in total. The maximum atomic E-state index is 10.8. The van der Waals surface area contributed by atoms with Crippen LogP contribution in [0.1, 0.15) is 13.3 Å². The molecule has 0 bridgehead atoms. The van der Waals surface area contributed by atoms with Crippen LogP contribution in [0, 0.1) is 0 Å². The molecule has 0 aliphatic carbocycles. The zero-order valence-electron chi connectivity index (χ0n) is 9.35. The van der Waals surface area contributed by atoms with Crippen LogP contribution in [0.3, 0.4) is 0 Å². The summed E-state index contributed by atoms with van der Waals surface area (Å²) in [5, 5.41) is 36.4. The number of aliphatic hydroxyl groups is 3. The molecule has 5 atom stereocenters. The van der Waals surface area contributed by atoms with E-state index >= 15 is 0 Å². The lowest BCUT2D eigenvalue weighted by Crippen LogP contribution is -2.56. The van der Waals surface area contributed by atoms with E-state index < -0.39 is 48.6 Å². The molecule has 0 radical (unpaired) electrons. The van der Waals surface area contributed by atoms with Crippen LogP contribution in [0.2, 0.25) is 0 Å². The van der Waals surface area contributed by atoms with Gasteiger partial charge in [0.2, 0.25) is 5.78 Å². The van der Waals surface area contributed by atoms with E-state index in [1.165, 1.54) is 6.92 Å². The van der Waals surface area contributed by atoms with Crippen molar-refractivity contribution in [1.82, 2.24) is 0 Å². The number of aliphatic carboxylic acids is 1. The number of hydrogen-bond acceptors (Lipinski definition) is 7. The van der Waals surface area contributed by atoms with Crippen molar-refractivity contribution >= 4 is 11.8 Å². The van der Waals surface area contributed by atoms with Gasteiger partial charge < -0.3 is 31.9 Å². The minimum atomic E-state index is -1.69. The fourth-order valence-electron chi connectivity index (χ4n) is 1.18. The first-order valence-electron chi connectivity index (χ1n) is 5.00. The van der Waals surface area contributed by atoms with Crippen LogP contribution in [0.4, 0.5) is 0 Å². The molecule has 0 unspecified atom stereocenters. The van der Waals surface area contributed by atoms with Gasteiger partial charge in [-0.05, 0) is 6.92 Å². The lowest BCUT2D eigenvalue weighted by molar-refractivity contribution is -0.150. The molecule has 0 fully saturated rings. The number of rotatable bonds is 7. The highest BCUT2D eigenvalue weighted by molar-refractivity contribution is 6.32. The van der Waals surface area contributed by atoms with Gasteiger partial charge in [0.25, 0.3) is 0 Å². The highest BCUT2D eigenvalue weighted by Crippen LogP contribution is 2.07. The van der Waals surface area contributed by atoms with E-state index in [-0.39, 0.29) is 0 Å². The van der Waals surface area contributed by atoms with E-state index in [2.05, 4.69) is 0 Å². The van der Waals surface area contributed by atoms with Crippen LogP contribution in [-0.4, -0.2) is 62.6 Å². The first kappa shape index (κ1) is 15.9. The molecule has 0 aliphatic heterocycles. The predicted octanol–water partition coefficient (Wildman–Crippen LogP) is -3.21. The Hall–Kier alpha value is -1.06. The first-order chi connectivity index (χ1) is 7.68. The van der Waals surface area contributed by atoms with Crippen molar-refractivity contribution in [3.63, 3.8) is 0 Å². The summed E-state index contributed by atoms with van der Waals surface area (Å²) in [6, 6.07) is -2.41. The van der Waals surface area contributed by atoms with Gasteiger partial charge >= 0.3 is 5.97 Å². The van der Waals surface area contributed by atoms with E-state index in [1.54, 1.807) is 0 Å². The summed E-state index contributed by atoms with van der Waals surface area (Å²) < 4.78 is 0. The smallest absolute Gasteiger partial charge is 0.372 e. The van der Waals surface area contributed by atoms with Gasteiger partial charge in [-0.15, -0.1) is 0 Å². The molecular weight excluding hydrogens is 232 g/mol. The summed E-state index contributed by atoms with van der Waals surface area (Å²) in [4.78, 5) is 21.0. The summed E-state index contributed by atoms with van der Waals surface area (Å²) in [5.74, 6) is -2.91. The molecule has 0 rings (SSSR count). The van der Waals surface area contributed by atoms with Crippen LogP contribution in [0.5, 0.6) is 0 Å². The van der Waals surface area contributed by atoms with Gasteiger partial charge in [-0.2, -0.15) is 0 Å². The average molecular weight is 250 g/mol. The number of Topliss-reactive ketones (excluding diaryl/α,β-unsaturated/α-hetero) is 1. The fraction of sp³-hybridized carbons (Fsp3) is 0.778. The normalized spacial score (nSPS) is 20.1. The van der Waals surface area contributed by atoms with Crippen LogP contribution in [0.25, 0.3) is 0 Å². The molecule has 100 valence electrons. The van der Waals surface area contributed by atoms with Crippen molar-refractivity contribution in [2.24, 2.45) is 11.5 Å². The predicted molar refractivity (Wildman–Crippen MR) is 56.9 cm³/mol. The zero-order chi connectivity index (χ0) is 13.7. The summed E-state index contributed by atoms with van der Waals surface area (Å²) >= 11 is 0. The summed E-state index contributed by atoms with van der Waals surface area (Å²) in [6.07, 6.45) is -4.77. The quantitative estimate of drug-likeness (QED) is 0.257. The second-order valence-electron chi connectivity index (χ2n) is 3.89. The third-order valence-electron chi connectivity index (χ3n) is 2.42. The van der Waals surface area contributed by atoms with Crippen molar-refractivity contribution in [2.75, 3.05) is 0 Å². The van der Waals surface area contributed by atoms with Crippen LogP contribution in [0.15, 0.2) is 0 Å². The Morgan fingerprint density at radius 3 is 1.94 bits per heavy atom. The molecule has 0 aromatic heterocycles. The van der Waals surface area contributed by atoms with Crippen molar-refractivity contribution in [3.8, 4) is 0 Å². The number of carboxylic acid groups (broad SMARTS) is 1. The number of nitrogens with two attached hydrogens (primary N) is 2. The number of carbonyl (C=O) groups excluding carboxylic acids is 1. The molecule has 8 nitrogen and oxygen atoms in total. The molecule has 0 saturated carbocycles. The van der Waals surface area contributed by atoms with Crippen molar-refractivity contribution < 1.29 is 30.0 Å². The summed E-state index contributed by atoms with van der Waals surface area (Å²) in [7, 11) is 0. The molecule has 17 heavy (non-hydrogen) atoms. The van der Waals surface area contributed by atoms with Gasteiger partial charge in [-0.25, -0.2) is 4.79 Å². The Kier molecular flexibility index (Phi) is 6.21. The van der Waals surface area contributed by atoms with Crippen LogP contribution < -0.4 is 11.5 Å². The number of hydrogen-bond donors (Lipinski definition) is 6. The lowest BCUT2D eigenvalue weighted by atomic mass is 9.94. The molecule has 0 saturated heterocycles. The Bertz CT molecular complexity index is 283. The lowest BCUT2D eigenvalue weighted by Gasteiger charge is -2.29. The van der Waals surface area contributed by atoms with Gasteiger partial charge in [-0.3, -0.25) is 4.79 Å². The Morgan fingerprint density at radius 2 is 1.59 bits per heavy atom. The number of carbonyl (C=O) groups is 2.